The molecule has 0 amide bonds. The van der Waals surface area contributed by atoms with Crippen molar-refractivity contribution in [3.8, 4) is 50.6 Å². The monoisotopic (exact) mass is 1190 g/mol. The van der Waals surface area contributed by atoms with Gasteiger partial charge in [-0.2, -0.15) is 0 Å². The summed E-state index contributed by atoms with van der Waals surface area (Å²) in [5.41, 5.74) is 23.1. The van der Waals surface area contributed by atoms with Crippen molar-refractivity contribution < 1.29 is 11.6 Å². The number of ether oxygens (including phenoxy) is 1. The third-order valence-electron chi connectivity index (χ3n) is 20.0. The van der Waals surface area contributed by atoms with Crippen molar-refractivity contribution in [1.29, 1.82) is 0 Å². The Morgan fingerprint density at radius 2 is 0.879 bits per heavy atom. The Morgan fingerprint density at radius 1 is 0.363 bits per heavy atom. The number of aromatic nitrogens is 1. The van der Waals surface area contributed by atoms with Crippen molar-refractivity contribution in [3.05, 3.63) is 280 Å². The normalized spacial score (nSPS) is 15.0. The van der Waals surface area contributed by atoms with E-state index >= 15 is 0 Å². The highest BCUT2D eigenvalue weighted by atomic mass is 16.5. The Hall–Kier alpha value is -9.12. The molecule has 0 bridgehead atoms. The van der Waals surface area contributed by atoms with Crippen LogP contribution in [-0.2, 0) is 32.5 Å². The van der Waals surface area contributed by atoms with Gasteiger partial charge in [0.25, 0.3) is 0 Å². The number of hydrogen-bond donors (Lipinski definition) is 0. The molecule has 1 aromatic heterocycles. The second kappa shape index (κ2) is 20.4. The van der Waals surface area contributed by atoms with Gasteiger partial charge in [-0.05, 0) is 171 Å². The minimum absolute atomic E-state index is 0.124. The molecular weight excluding hydrogens is 1100 g/mol. The van der Waals surface area contributed by atoms with E-state index < -0.39 is 11.5 Å². The Kier molecular flexibility index (Phi) is 11.8. The molecule has 91 heavy (non-hydrogen) atoms. The first-order valence-electron chi connectivity index (χ1n) is 35.0. The van der Waals surface area contributed by atoms with Crippen LogP contribution in [0, 0.1) is 0 Å². The molecule has 4 heterocycles. The van der Waals surface area contributed by atoms with Crippen molar-refractivity contribution in [2.75, 3.05) is 4.90 Å². The van der Waals surface area contributed by atoms with E-state index in [2.05, 4.69) is 295 Å². The number of para-hydroxylation sites is 2. The molecule has 3 nitrogen and oxygen atoms in total. The Balaban J connectivity index is 1.17. The lowest BCUT2D eigenvalue weighted by Crippen LogP contribution is -2.65. The molecule has 0 N–H and O–H groups in total. The van der Waals surface area contributed by atoms with Crippen molar-refractivity contribution in [1.82, 2.24) is 4.57 Å². The van der Waals surface area contributed by atoms with Crippen LogP contribution in [0.2, 0.25) is 0 Å². The average Bonchev–Trinajstić information content (AvgIpc) is 0.679. The lowest BCUT2D eigenvalue weighted by Gasteiger charge is -2.50. The fourth-order valence-electron chi connectivity index (χ4n) is 14.9. The smallest absolute Gasteiger partial charge is 0.247 e. The molecule has 0 saturated carbocycles. The van der Waals surface area contributed by atoms with E-state index in [4.69, 9.17) is 8.85 Å². The molecule has 0 fully saturated rings. The predicted octanol–water partition coefficient (Wildman–Crippen LogP) is 21.4. The maximum atomic E-state index is 9.56. The maximum Gasteiger partial charge on any atom is 0.247 e. The molecule has 15 rings (SSSR count). The summed E-state index contributed by atoms with van der Waals surface area (Å²) in [5, 5.41) is 2.36. The van der Waals surface area contributed by atoms with E-state index in [9.17, 15) is 2.74 Å². The van der Waals surface area contributed by atoms with Crippen LogP contribution in [0.4, 0.5) is 17.1 Å². The van der Waals surface area contributed by atoms with Gasteiger partial charge in [-0.1, -0.05) is 273 Å². The fraction of sp³-hybridized carbons (Fsp3) is 0.241. The summed E-state index contributed by atoms with van der Waals surface area (Å²) in [5.74, 6) is 1.42. The van der Waals surface area contributed by atoms with Gasteiger partial charge in [0.1, 0.15) is 11.5 Å². The van der Waals surface area contributed by atoms with Gasteiger partial charge in [-0.3, -0.25) is 0 Å². The summed E-state index contributed by atoms with van der Waals surface area (Å²) in [7, 11) is 0. The van der Waals surface area contributed by atoms with Crippen LogP contribution < -0.4 is 26.0 Å². The molecule has 12 aromatic rings. The van der Waals surface area contributed by atoms with Crippen LogP contribution in [0.15, 0.2) is 230 Å². The average molecular weight is 1190 g/mol. The number of fused-ring (bicyclic) bond motifs is 13. The van der Waals surface area contributed by atoms with Crippen molar-refractivity contribution >= 4 is 62.0 Å². The highest BCUT2D eigenvalue weighted by molar-refractivity contribution is 6.99. The Labute approximate surface area is 547 Å². The Morgan fingerprint density at radius 3 is 1.45 bits per heavy atom. The summed E-state index contributed by atoms with van der Waals surface area (Å²) in [4.78, 5) is 2.60. The van der Waals surface area contributed by atoms with E-state index in [0.29, 0.717) is 17.1 Å². The van der Waals surface area contributed by atoms with Gasteiger partial charge < -0.3 is 14.2 Å². The van der Waals surface area contributed by atoms with Crippen molar-refractivity contribution in [2.24, 2.45) is 0 Å². The van der Waals surface area contributed by atoms with Crippen LogP contribution >= 0.6 is 0 Å². The molecule has 0 aliphatic carbocycles. The fourth-order valence-corrected chi connectivity index (χ4v) is 14.9. The predicted molar refractivity (Wildman–Crippen MR) is 388 cm³/mol. The molecule has 0 unspecified atom stereocenters. The molecule has 0 radical (unpaired) electrons. The first-order chi connectivity index (χ1) is 45.3. The number of anilines is 3. The molecule has 3 aliphatic heterocycles. The van der Waals surface area contributed by atoms with Gasteiger partial charge in [0.15, 0.2) is 0 Å². The third kappa shape index (κ3) is 9.36. The van der Waals surface area contributed by atoms with Crippen molar-refractivity contribution in [3.63, 3.8) is 0 Å². The lowest BCUT2D eigenvalue weighted by atomic mass is 9.29. The SMILES string of the molecule is [2H]c1c([2H])c([2H])c(-c2ccc3c(c2)C2(c4ccccc4Oc4ccccc42)c2cc(-n4c5ccc(C(C)(C)C)cc5c5cc(C(C)(C)C)ccc54)cc4c2B3c2ccc(-c3cc(C(C)(C)C)cc(C(C)(C)C)c3)cc2N4c2ccc(C(C)(C)C)cc2-c2ccccc2)c([2H])c1[2H]. The first kappa shape index (κ1) is 52.6. The van der Waals surface area contributed by atoms with E-state index in [1.807, 2.05) is 18.2 Å². The van der Waals surface area contributed by atoms with Crippen molar-refractivity contribution in [2.45, 2.75) is 136 Å². The van der Waals surface area contributed by atoms with Crippen LogP contribution in [0.3, 0.4) is 0 Å². The van der Waals surface area contributed by atoms with E-state index in [1.54, 1.807) is 0 Å². The minimum Gasteiger partial charge on any atom is -0.457 e. The standard InChI is InChI=1S/C87H83BN2O/c1-82(2,3)59-36-41-74(65(49-59)55-28-20-17-21-29-55)90-77-47-57(58-44-62(85(10,11)12)48-63(45-58)86(13,14)15)35-40-73(77)88-72-39-34-56(54-26-18-16-19-27-54)46-70(72)87(68-30-22-24-32-79(68)91-80-33-25-23-31-69(80)87)71-52-64(53-78(90)81(71)88)89-75-42-37-60(83(4,5)6)50-66(75)67-51-61(84(7,8)9)38-43-76(67)89/h16-53H,1-15H3/i16D,18D,19D,26D,27D. The summed E-state index contributed by atoms with van der Waals surface area (Å²) in [6.45, 7) is 34.1. The van der Waals surface area contributed by atoms with E-state index in [0.717, 1.165) is 94.7 Å². The molecule has 0 atom stereocenters. The van der Waals surface area contributed by atoms with Crippen LogP contribution in [-0.4, -0.2) is 11.3 Å². The quantitative estimate of drug-likeness (QED) is 0.160. The van der Waals surface area contributed by atoms with Gasteiger partial charge in [-0.25, -0.2) is 0 Å². The molecule has 3 aliphatic rings. The van der Waals surface area contributed by atoms with Crippen LogP contribution in [0.25, 0.3) is 60.9 Å². The van der Waals surface area contributed by atoms with E-state index in [1.165, 1.54) is 38.6 Å². The minimum atomic E-state index is -1.14. The first-order valence-corrected chi connectivity index (χ1v) is 32.5. The zero-order chi connectivity index (χ0) is 67.8. The molecule has 11 aromatic carbocycles. The zero-order valence-electron chi connectivity index (χ0n) is 60.4. The topological polar surface area (TPSA) is 17.4 Å². The number of benzene rings is 11. The highest BCUT2D eigenvalue weighted by Crippen LogP contribution is 2.59. The van der Waals surface area contributed by atoms with Crippen LogP contribution in [0.5, 0.6) is 11.5 Å². The van der Waals surface area contributed by atoms with Gasteiger partial charge in [0.2, 0.25) is 6.71 Å². The van der Waals surface area contributed by atoms with Crippen LogP contribution in [0.1, 0.15) is 161 Å². The summed E-state index contributed by atoms with van der Waals surface area (Å²) < 4.78 is 55.6. The molecule has 1 spiro atoms. The summed E-state index contributed by atoms with van der Waals surface area (Å²) in [6, 6.07) is 73.1. The summed E-state index contributed by atoms with van der Waals surface area (Å²) in [6.07, 6.45) is 0. The third-order valence-corrected chi connectivity index (χ3v) is 20.0. The second-order valence-electron chi connectivity index (χ2n) is 31.1. The summed E-state index contributed by atoms with van der Waals surface area (Å²) >= 11 is 0. The largest absolute Gasteiger partial charge is 0.457 e. The van der Waals surface area contributed by atoms with Gasteiger partial charge >= 0.3 is 0 Å². The molecule has 0 saturated heterocycles. The lowest BCUT2D eigenvalue weighted by molar-refractivity contribution is 0.435. The Bertz CT molecular complexity index is 5080. The van der Waals surface area contributed by atoms with E-state index in [-0.39, 0.29) is 63.5 Å². The number of rotatable bonds is 5. The van der Waals surface area contributed by atoms with Gasteiger partial charge in [-0.15, -0.1) is 0 Å². The van der Waals surface area contributed by atoms with Gasteiger partial charge in [0, 0.05) is 44.5 Å². The highest BCUT2D eigenvalue weighted by Gasteiger charge is 2.55. The van der Waals surface area contributed by atoms with Gasteiger partial charge in [0.05, 0.1) is 29.0 Å². The number of hydrogen-bond acceptors (Lipinski definition) is 2. The zero-order valence-corrected chi connectivity index (χ0v) is 55.4. The number of nitrogens with zero attached hydrogens (tertiary/aromatic N) is 2. The maximum absolute atomic E-state index is 9.56. The second-order valence-corrected chi connectivity index (χ2v) is 31.1. The molecule has 4 heteroatoms. The molecular formula is C87H83BN2O. The molecule has 450 valence electrons.